The smallest absolute Gasteiger partial charge is 0.254 e. The van der Waals surface area contributed by atoms with Gasteiger partial charge in [-0.2, -0.15) is 5.10 Å². The van der Waals surface area contributed by atoms with E-state index in [1.165, 1.54) is 0 Å². The van der Waals surface area contributed by atoms with Crippen LogP contribution in [-0.4, -0.2) is 45.6 Å². The van der Waals surface area contributed by atoms with Gasteiger partial charge in [-0.3, -0.25) is 14.3 Å². The van der Waals surface area contributed by atoms with E-state index < -0.39 is 0 Å². The van der Waals surface area contributed by atoms with E-state index in [1.54, 1.807) is 6.20 Å². The number of nitrogens with zero attached hydrogens (tertiary/aromatic N) is 3. The summed E-state index contributed by atoms with van der Waals surface area (Å²) in [6.07, 6.45) is 4.62. The summed E-state index contributed by atoms with van der Waals surface area (Å²) in [6, 6.07) is 10.2. The van der Waals surface area contributed by atoms with Crippen LogP contribution in [0.4, 0.5) is 0 Å². The summed E-state index contributed by atoms with van der Waals surface area (Å²) in [5, 5.41) is 7.62. The van der Waals surface area contributed by atoms with E-state index >= 15 is 0 Å². The van der Waals surface area contributed by atoms with Gasteiger partial charge in [0.25, 0.3) is 5.91 Å². The molecule has 156 valence electrons. The van der Waals surface area contributed by atoms with Crippen LogP contribution in [0.2, 0.25) is 0 Å². The molecule has 0 unspecified atom stereocenters. The van der Waals surface area contributed by atoms with Gasteiger partial charge >= 0.3 is 0 Å². The monoisotopic (exact) mass is 396 g/mol. The Hall–Kier alpha value is -2.63. The van der Waals surface area contributed by atoms with Crippen LogP contribution in [0.15, 0.2) is 36.5 Å². The molecule has 6 nitrogen and oxygen atoms in total. The first-order valence-electron chi connectivity index (χ1n) is 10.6. The lowest BCUT2D eigenvalue weighted by atomic mass is 10.0. The molecule has 1 N–H and O–H groups in total. The number of carbonyl (C=O) groups is 2. The Morgan fingerprint density at radius 1 is 1.17 bits per heavy atom. The molecule has 0 radical (unpaired) electrons. The van der Waals surface area contributed by atoms with Gasteiger partial charge in [-0.15, -0.1) is 0 Å². The van der Waals surface area contributed by atoms with Gasteiger partial charge < -0.3 is 10.2 Å². The minimum absolute atomic E-state index is 0.0619. The fourth-order valence-electron chi connectivity index (χ4n) is 3.88. The highest BCUT2D eigenvalue weighted by Gasteiger charge is 2.25. The number of rotatable bonds is 7. The Bertz CT molecular complexity index is 821. The predicted molar refractivity (Wildman–Crippen MR) is 114 cm³/mol. The molecule has 1 saturated heterocycles. The van der Waals surface area contributed by atoms with Gasteiger partial charge in [0, 0.05) is 25.6 Å². The van der Waals surface area contributed by atoms with E-state index in [4.69, 9.17) is 0 Å². The van der Waals surface area contributed by atoms with Crippen LogP contribution in [0.1, 0.15) is 61.6 Å². The molecule has 2 heterocycles. The molecule has 6 heteroatoms. The van der Waals surface area contributed by atoms with Crippen molar-refractivity contribution in [1.29, 1.82) is 0 Å². The number of nitrogens with one attached hydrogen (secondary N) is 1. The summed E-state index contributed by atoms with van der Waals surface area (Å²) in [4.78, 5) is 27.0. The summed E-state index contributed by atoms with van der Waals surface area (Å²) in [6.45, 7) is 8.26. The number of amides is 2. The standard InChI is InChI=1S/C23H32N4O2/c1-4-21-20(15-24-27(21)16-18-8-6-5-7-9-18)23(29)25-19-10-12-26(13-11-19)22(28)14-17(2)3/h5-9,15,17,19H,4,10-14,16H2,1-3H3,(H,25,29). The van der Waals surface area contributed by atoms with Crippen LogP contribution in [-0.2, 0) is 17.8 Å². The molecule has 0 bridgehead atoms. The number of piperidine rings is 1. The van der Waals surface area contributed by atoms with E-state index in [0.717, 1.165) is 30.5 Å². The maximum Gasteiger partial charge on any atom is 0.254 e. The molecule has 3 rings (SSSR count). The molecule has 0 aliphatic carbocycles. The number of likely N-dealkylation sites (tertiary alicyclic amines) is 1. The van der Waals surface area contributed by atoms with Crippen molar-refractivity contribution in [1.82, 2.24) is 20.0 Å². The average Bonchev–Trinajstić information content (AvgIpc) is 3.11. The molecule has 1 fully saturated rings. The zero-order chi connectivity index (χ0) is 20.8. The second kappa shape index (κ2) is 9.72. The van der Waals surface area contributed by atoms with Gasteiger partial charge in [0.05, 0.1) is 24.0 Å². The minimum Gasteiger partial charge on any atom is -0.349 e. The lowest BCUT2D eigenvalue weighted by Crippen LogP contribution is -2.46. The zero-order valence-electron chi connectivity index (χ0n) is 17.7. The van der Waals surface area contributed by atoms with Crippen LogP contribution < -0.4 is 5.32 Å². The molecule has 1 aromatic heterocycles. The second-order valence-corrected chi connectivity index (χ2v) is 8.23. The Morgan fingerprint density at radius 3 is 2.48 bits per heavy atom. The van der Waals surface area contributed by atoms with E-state index in [2.05, 4.69) is 36.4 Å². The van der Waals surface area contributed by atoms with Crippen molar-refractivity contribution in [2.75, 3.05) is 13.1 Å². The van der Waals surface area contributed by atoms with Crippen LogP contribution in [0.3, 0.4) is 0 Å². The fraction of sp³-hybridized carbons (Fsp3) is 0.522. The van der Waals surface area contributed by atoms with E-state index in [-0.39, 0.29) is 17.9 Å². The van der Waals surface area contributed by atoms with E-state index in [0.29, 0.717) is 37.5 Å². The van der Waals surface area contributed by atoms with E-state index in [9.17, 15) is 9.59 Å². The molecule has 2 aromatic rings. The first-order chi connectivity index (χ1) is 14.0. The van der Waals surface area contributed by atoms with Crippen molar-refractivity contribution >= 4 is 11.8 Å². The van der Waals surface area contributed by atoms with Crippen molar-refractivity contribution < 1.29 is 9.59 Å². The van der Waals surface area contributed by atoms with Crippen molar-refractivity contribution in [3.8, 4) is 0 Å². The first kappa shape index (κ1) is 21.1. The summed E-state index contributed by atoms with van der Waals surface area (Å²) in [7, 11) is 0. The van der Waals surface area contributed by atoms with Crippen LogP contribution in [0.25, 0.3) is 0 Å². The highest BCUT2D eigenvalue weighted by atomic mass is 16.2. The van der Waals surface area contributed by atoms with Crippen molar-refractivity contribution in [2.24, 2.45) is 5.92 Å². The summed E-state index contributed by atoms with van der Waals surface area (Å²) < 4.78 is 1.91. The maximum absolute atomic E-state index is 12.9. The quantitative estimate of drug-likeness (QED) is 0.781. The van der Waals surface area contributed by atoms with Gasteiger partial charge in [-0.05, 0) is 30.7 Å². The lowest BCUT2D eigenvalue weighted by molar-refractivity contribution is -0.133. The third-order valence-electron chi connectivity index (χ3n) is 5.47. The van der Waals surface area contributed by atoms with Crippen molar-refractivity contribution in [3.05, 3.63) is 53.3 Å². The third-order valence-corrected chi connectivity index (χ3v) is 5.47. The van der Waals surface area contributed by atoms with Crippen LogP contribution >= 0.6 is 0 Å². The topological polar surface area (TPSA) is 67.2 Å². The van der Waals surface area contributed by atoms with Crippen LogP contribution in [0, 0.1) is 5.92 Å². The Kier molecular flexibility index (Phi) is 7.07. The van der Waals surface area contributed by atoms with Gasteiger partial charge in [0.1, 0.15) is 0 Å². The maximum atomic E-state index is 12.9. The molecule has 1 aromatic carbocycles. The molecule has 0 atom stereocenters. The molecule has 1 aliphatic rings. The summed E-state index contributed by atoms with van der Waals surface area (Å²) >= 11 is 0. The average molecular weight is 397 g/mol. The van der Waals surface area contributed by atoms with E-state index in [1.807, 2.05) is 34.7 Å². The van der Waals surface area contributed by atoms with Gasteiger partial charge in [-0.25, -0.2) is 0 Å². The highest BCUT2D eigenvalue weighted by Crippen LogP contribution is 2.16. The summed E-state index contributed by atoms with van der Waals surface area (Å²) in [5.41, 5.74) is 2.77. The number of hydrogen-bond donors (Lipinski definition) is 1. The van der Waals surface area contributed by atoms with Gasteiger partial charge in [0.15, 0.2) is 0 Å². The molecular weight excluding hydrogens is 364 g/mol. The minimum atomic E-state index is -0.0619. The molecule has 29 heavy (non-hydrogen) atoms. The first-order valence-corrected chi connectivity index (χ1v) is 10.6. The van der Waals surface area contributed by atoms with Crippen molar-refractivity contribution in [2.45, 2.75) is 59.0 Å². The van der Waals surface area contributed by atoms with Crippen LogP contribution in [0.5, 0.6) is 0 Å². The molecule has 0 spiro atoms. The van der Waals surface area contributed by atoms with Gasteiger partial charge in [0.2, 0.25) is 5.91 Å². The summed E-state index contributed by atoms with van der Waals surface area (Å²) in [5.74, 6) is 0.535. The number of benzene rings is 1. The number of carbonyl (C=O) groups excluding carboxylic acids is 2. The SMILES string of the molecule is CCc1c(C(=O)NC2CCN(C(=O)CC(C)C)CC2)cnn1Cc1ccccc1. The number of hydrogen-bond acceptors (Lipinski definition) is 3. The third kappa shape index (κ3) is 5.46. The Labute approximate surface area is 173 Å². The predicted octanol–water partition coefficient (Wildman–Crippen LogP) is 3.26. The van der Waals surface area contributed by atoms with Crippen molar-refractivity contribution in [3.63, 3.8) is 0 Å². The normalized spacial score (nSPS) is 15.0. The highest BCUT2D eigenvalue weighted by molar-refractivity contribution is 5.95. The zero-order valence-corrected chi connectivity index (χ0v) is 17.7. The second-order valence-electron chi connectivity index (χ2n) is 8.23. The Morgan fingerprint density at radius 2 is 1.86 bits per heavy atom. The number of aromatic nitrogens is 2. The largest absolute Gasteiger partial charge is 0.349 e. The molecule has 0 saturated carbocycles. The molecule has 1 aliphatic heterocycles. The molecule has 2 amide bonds. The lowest BCUT2D eigenvalue weighted by Gasteiger charge is -2.32. The Balaban J connectivity index is 1.58. The molecular formula is C23H32N4O2. The van der Waals surface area contributed by atoms with Gasteiger partial charge in [-0.1, -0.05) is 51.1 Å². The fourth-order valence-corrected chi connectivity index (χ4v) is 3.88.